The number of unbranched alkanes of at least 4 members (excludes halogenated alkanes) is 6. The summed E-state index contributed by atoms with van der Waals surface area (Å²) in [5, 5.41) is 30.5. The minimum absolute atomic E-state index is 0.0515. The van der Waals surface area contributed by atoms with Crippen molar-refractivity contribution in [3.8, 4) is 0 Å². The van der Waals surface area contributed by atoms with Gasteiger partial charge in [-0.2, -0.15) is 37.9 Å². The summed E-state index contributed by atoms with van der Waals surface area (Å²) in [4.78, 5) is 50.4. The van der Waals surface area contributed by atoms with Gasteiger partial charge >= 0.3 is 23.9 Å². The molecule has 0 aromatic carbocycles. The minimum Gasteiger partial charge on any atom is -0.481 e. The van der Waals surface area contributed by atoms with Crippen molar-refractivity contribution in [2.75, 3.05) is 17.3 Å². The minimum atomic E-state index is -2.11. The van der Waals surface area contributed by atoms with E-state index in [2.05, 4.69) is 37.9 Å². The Morgan fingerprint density at radius 3 is 1.41 bits per heavy atom. The summed E-state index contributed by atoms with van der Waals surface area (Å²) in [6.07, 6.45) is 7.16. The van der Waals surface area contributed by atoms with Crippen molar-refractivity contribution < 1.29 is 39.2 Å². The number of carbonyl (C=O) groups is 4. The molecule has 0 spiro atoms. The highest BCUT2D eigenvalue weighted by Gasteiger charge is 2.70. The second-order valence-corrected chi connectivity index (χ2v) is 10.6. The van der Waals surface area contributed by atoms with Crippen LogP contribution in [0.3, 0.4) is 0 Å². The molecule has 37 heavy (non-hydrogen) atoms. The Labute approximate surface area is 237 Å². The Hall–Kier alpha value is -1.33. The summed E-state index contributed by atoms with van der Waals surface area (Å²) in [6.45, 7) is 4.04. The van der Waals surface area contributed by atoms with Crippen LogP contribution in [0.15, 0.2) is 12.2 Å². The molecule has 0 aliphatic heterocycles. The van der Waals surface area contributed by atoms with Crippen LogP contribution in [0, 0.1) is 10.8 Å². The highest BCUT2D eigenvalue weighted by atomic mass is 32.1. The molecule has 2 atom stereocenters. The zero-order valence-corrected chi connectivity index (χ0v) is 24.7. The Kier molecular flexibility index (Phi) is 17.4. The van der Waals surface area contributed by atoms with Gasteiger partial charge < -0.3 is 20.1 Å². The molecule has 0 saturated heterocycles. The van der Waals surface area contributed by atoms with Crippen LogP contribution in [-0.2, 0) is 23.9 Å². The van der Waals surface area contributed by atoms with Gasteiger partial charge in [0.25, 0.3) is 0 Å². The number of ether oxygens (including phenoxy) is 1. The van der Waals surface area contributed by atoms with Crippen molar-refractivity contribution in [2.24, 2.45) is 10.8 Å². The van der Waals surface area contributed by atoms with Gasteiger partial charge in [0, 0.05) is 17.9 Å². The lowest BCUT2D eigenvalue weighted by Crippen LogP contribution is -2.69. The molecule has 0 saturated carbocycles. The summed E-state index contributed by atoms with van der Waals surface area (Å²) in [6, 6.07) is 0. The Bertz CT molecular complexity index is 733. The lowest BCUT2D eigenvalue weighted by Gasteiger charge is -2.55. The number of hydrogen-bond acceptors (Lipinski definition) is 8. The fourth-order valence-corrected chi connectivity index (χ4v) is 6.69. The summed E-state index contributed by atoms with van der Waals surface area (Å²) >= 11 is 13.1. The van der Waals surface area contributed by atoms with Crippen molar-refractivity contribution >= 4 is 61.8 Å². The van der Waals surface area contributed by atoms with Crippen LogP contribution < -0.4 is 0 Å². The third kappa shape index (κ3) is 9.13. The normalized spacial score (nSPS) is 16.5. The Morgan fingerprint density at radius 1 is 0.676 bits per heavy atom. The topological polar surface area (TPSA) is 138 Å². The molecule has 0 radical (unpaired) electrons. The largest absolute Gasteiger partial charge is 0.481 e. The fourth-order valence-electron chi connectivity index (χ4n) is 5.25. The lowest BCUT2D eigenvalue weighted by molar-refractivity contribution is -0.220. The number of aliphatic carboxylic acids is 3. The Balaban J connectivity index is 7.35. The van der Waals surface area contributed by atoms with Crippen LogP contribution in [0.25, 0.3) is 0 Å². The standard InChI is InChI=1S/C26H44O8S3/c1-3-5-7-9-13-24(15-17-35,22(30)31)26(19-37,34-21(29)12-11-20(27)28)25(16-18-36,23(32)33)14-10-8-6-4-2/h11-12,35-37H,3-10,13-19H2,1-2H3,(H,27,28)(H,30,31)(H,32,33)/b12-11-. The predicted molar refractivity (Wildman–Crippen MR) is 154 cm³/mol. The van der Waals surface area contributed by atoms with E-state index in [1.807, 2.05) is 13.8 Å². The molecular weight excluding hydrogens is 536 g/mol. The molecule has 0 heterocycles. The first-order valence-electron chi connectivity index (χ1n) is 12.9. The number of esters is 1. The third-order valence-electron chi connectivity index (χ3n) is 7.22. The molecule has 3 N–H and O–H groups in total. The second-order valence-electron chi connectivity index (χ2n) is 9.42. The van der Waals surface area contributed by atoms with Gasteiger partial charge in [0.15, 0.2) is 5.60 Å². The van der Waals surface area contributed by atoms with Gasteiger partial charge in [0.2, 0.25) is 0 Å². The van der Waals surface area contributed by atoms with E-state index in [1.54, 1.807) is 0 Å². The van der Waals surface area contributed by atoms with E-state index in [1.165, 1.54) is 0 Å². The van der Waals surface area contributed by atoms with Crippen LogP contribution in [0.1, 0.15) is 90.9 Å². The van der Waals surface area contributed by atoms with Crippen molar-refractivity contribution in [3.63, 3.8) is 0 Å². The summed E-state index contributed by atoms with van der Waals surface area (Å²) < 4.78 is 5.92. The van der Waals surface area contributed by atoms with Gasteiger partial charge in [0.05, 0.1) is 0 Å². The van der Waals surface area contributed by atoms with Gasteiger partial charge in [0.1, 0.15) is 10.8 Å². The number of hydrogen-bond donors (Lipinski definition) is 6. The van der Waals surface area contributed by atoms with Gasteiger partial charge in [-0.1, -0.05) is 65.2 Å². The maximum absolute atomic E-state index is 13.2. The molecule has 0 rings (SSSR count). The molecule has 0 fully saturated rings. The SMILES string of the molecule is CCCCCCC(CCS)(C(=O)O)C(CS)(OC(=O)/C=C\C(=O)O)C(CCS)(CCCCCC)C(=O)O. The van der Waals surface area contributed by atoms with E-state index in [0.29, 0.717) is 25.0 Å². The molecule has 0 amide bonds. The first kappa shape index (κ1) is 35.7. The van der Waals surface area contributed by atoms with Gasteiger partial charge in [-0.3, -0.25) is 9.59 Å². The molecule has 2 unspecified atom stereocenters. The zero-order chi connectivity index (χ0) is 28.5. The van der Waals surface area contributed by atoms with E-state index < -0.39 is 40.3 Å². The summed E-state index contributed by atoms with van der Waals surface area (Å²) in [5.41, 5.74) is -5.77. The van der Waals surface area contributed by atoms with Crippen molar-refractivity contribution in [2.45, 2.75) is 96.5 Å². The van der Waals surface area contributed by atoms with Gasteiger partial charge in [-0.25, -0.2) is 9.59 Å². The number of carbonyl (C=O) groups excluding carboxylic acids is 1. The van der Waals surface area contributed by atoms with Gasteiger partial charge in [-0.05, 0) is 37.2 Å². The van der Waals surface area contributed by atoms with E-state index in [0.717, 1.165) is 38.5 Å². The smallest absolute Gasteiger partial charge is 0.331 e. The molecule has 0 bridgehead atoms. The van der Waals surface area contributed by atoms with Crippen LogP contribution in [0.5, 0.6) is 0 Å². The van der Waals surface area contributed by atoms with Crippen LogP contribution >= 0.6 is 37.9 Å². The van der Waals surface area contributed by atoms with Crippen molar-refractivity contribution in [3.05, 3.63) is 12.2 Å². The van der Waals surface area contributed by atoms with E-state index >= 15 is 0 Å². The molecule has 11 heteroatoms. The molecule has 0 aliphatic rings. The predicted octanol–water partition coefficient (Wildman–Crippen LogP) is 5.56. The third-order valence-corrected chi connectivity index (χ3v) is 8.11. The number of thiol groups is 3. The van der Waals surface area contributed by atoms with Crippen LogP contribution in [0.2, 0.25) is 0 Å². The van der Waals surface area contributed by atoms with Crippen LogP contribution in [-0.4, -0.2) is 62.1 Å². The summed E-state index contributed by atoms with van der Waals surface area (Å²) in [7, 11) is 0. The maximum Gasteiger partial charge on any atom is 0.331 e. The first-order chi connectivity index (χ1) is 17.5. The van der Waals surface area contributed by atoms with Gasteiger partial charge in [-0.15, -0.1) is 0 Å². The lowest BCUT2D eigenvalue weighted by atomic mass is 9.53. The molecule has 0 aliphatic carbocycles. The number of rotatable bonds is 22. The van der Waals surface area contributed by atoms with E-state index in [4.69, 9.17) is 9.84 Å². The second kappa shape index (κ2) is 18.0. The highest BCUT2D eigenvalue weighted by Crippen LogP contribution is 2.57. The van der Waals surface area contributed by atoms with Crippen molar-refractivity contribution in [1.82, 2.24) is 0 Å². The molecule has 0 aromatic rings. The maximum atomic E-state index is 13.2. The molecule has 0 aromatic heterocycles. The average Bonchev–Trinajstić information content (AvgIpc) is 2.84. The van der Waals surface area contributed by atoms with Crippen LogP contribution in [0.4, 0.5) is 0 Å². The quantitative estimate of drug-likeness (QED) is 0.0424. The molecule has 8 nitrogen and oxygen atoms in total. The number of carboxylic acid groups (broad SMARTS) is 3. The zero-order valence-electron chi connectivity index (χ0n) is 22.0. The molecular formula is C26H44O8S3. The van der Waals surface area contributed by atoms with E-state index in [9.17, 15) is 29.4 Å². The first-order valence-corrected chi connectivity index (χ1v) is 14.8. The average molecular weight is 581 g/mol. The van der Waals surface area contributed by atoms with E-state index in [-0.39, 0.29) is 42.9 Å². The monoisotopic (exact) mass is 580 g/mol. The highest BCUT2D eigenvalue weighted by molar-refractivity contribution is 7.80. The Morgan fingerprint density at radius 2 is 1.11 bits per heavy atom. The van der Waals surface area contributed by atoms with Crippen molar-refractivity contribution in [1.29, 1.82) is 0 Å². The summed E-state index contributed by atoms with van der Waals surface area (Å²) in [5.74, 6) is -5.29. The molecule has 214 valence electrons. The fraction of sp³-hybridized carbons (Fsp3) is 0.769. The number of carboxylic acids is 3.